The van der Waals surface area contributed by atoms with E-state index in [0.717, 1.165) is 37.0 Å². The number of esters is 1. The Morgan fingerprint density at radius 3 is 2.21 bits per heavy atom. The van der Waals surface area contributed by atoms with Crippen molar-refractivity contribution in [3.05, 3.63) is 23.8 Å². The molecular formula is C32H52O2. The van der Waals surface area contributed by atoms with Gasteiger partial charge in [0.1, 0.15) is 6.10 Å². The van der Waals surface area contributed by atoms with E-state index in [4.69, 9.17) is 4.74 Å². The van der Waals surface area contributed by atoms with E-state index in [1.807, 2.05) is 0 Å². The van der Waals surface area contributed by atoms with Crippen LogP contribution in [0, 0.1) is 45.3 Å². The van der Waals surface area contributed by atoms with Gasteiger partial charge in [0.05, 0.1) is 0 Å². The Kier molecular flexibility index (Phi) is 6.74. The number of hydrogen-bond acceptors (Lipinski definition) is 2. The highest BCUT2D eigenvalue weighted by atomic mass is 16.5. The van der Waals surface area contributed by atoms with E-state index in [2.05, 4.69) is 61.1 Å². The Morgan fingerprint density at radius 2 is 1.56 bits per heavy atom. The molecular weight excluding hydrogens is 416 g/mol. The molecule has 0 radical (unpaired) electrons. The molecule has 2 heteroatoms. The van der Waals surface area contributed by atoms with Gasteiger partial charge < -0.3 is 4.74 Å². The molecule has 0 spiro atoms. The lowest BCUT2D eigenvalue weighted by Crippen LogP contribution is -2.64. The van der Waals surface area contributed by atoms with Crippen molar-refractivity contribution in [2.75, 3.05) is 0 Å². The molecule has 0 aromatic carbocycles. The Hall–Kier alpha value is -1.05. The molecule has 2 nitrogen and oxygen atoms in total. The van der Waals surface area contributed by atoms with E-state index >= 15 is 0 Å². The molecule has 4 aliphatic carbocycles. The summed E-state index contributed by atoms with van der Waals surface area (Å²) in [6.45, 7) is 23.4. The second-order valence-corrected chi connectivity index (χ2v) is 14.3. The quantitative estimate of drug-likeness (QED) is 0.297. The third-order valence-electron chi connectivity index (χ3n) is 12.2. The van der Waals surface area contributed by atoms with Crippen molar-refractivity contribution in [3.63, 3.8) is 0 Å². The van der Waals surface area contributed by atoms with Crippen LogP contribution in [0.2, 0.25) is 0 Å². The Bertz CT molecular complexity index is 847. The summed E-state index contributed by atoms with van der Waals surface area (Å²) < 4.78 is 5.89. The predicted octanol–water partition coefficient (Wildman–Crippen LogP) is 8.91. The molecule has 4 fully saturated rings. The second-order valence-electron chi connectivity index (χ2n) is 14.3. The molecule has 192 valence electrons. The first-order valence-corrected chi connectivity index (χ1v) is 14.3. The van der Waals surface area contributed by atoms with Crippen LogP contribution in [0.25, 0.3) is 0 Å². The van der Waals surface area contributed by atoms with Gasteiger partial charge in [0, 0.05) is 12.3 Å². The van der Waals surface area contributed by atoms with Crippen LogP contribution in [0.15, 0.2) is 23.8 Å². The number of rotatable bonds is 5. The average molecular weight is 469 g/mol. The summed E-state index contributed by atoms with van der Waals surface area (Å²) >= 11 is 0. The summed E-state index contributed by atoms with van der Waals surface area (Å²) in [6, 6.07) is 0. The minimum atomic E-state index is -0.114. The molecule has 0 saturated heterocycles. The van der Waals surface area contributed by atoms with E-state index in [0.29, 0.717) is 22.2 Å². The number of hydrogen-bond donors (Lipinski definition) is 0. The van der Waals surface area contributed by atoms with Crippen LogP contribution in [-0.4, -0.2) is 12.1 Å². The molecule has 5 unspecified atom stereocenters. The van der Waals surface area contributed by atoms with Crippen LogP contribution >= 0.6 is 0 Å². The predicted molar refractivity (Wildman–Crippen MR) is 142 cm³/mol. The molecule has 4 rings (SSSR count). The van der Waals surface area contributed by atoms with Crippen LogP contribution in [0.1, 0.15) is 120 Å². The Balaban J connectivity index is 1.57. The zero-order valence-corrected chi connectivity index (χ0v) is 23.6. The first-order valence-electron chi connectivity index (χ1n) is 14.3. The summed E-state index contributed by atoms with van der Waals surface area (Å²) in [4.78, 5) is 11.8. The van der Waals surface area contributed by atoms with E-state index in [-0.39, 0.29) is 17.5 Å². The highest BCUT2D eigenvalue weighted by molar-refractivity contribution is 5.66. The molecule has 0 heterocycles. The highest BCUT2D eigenvalue weighted by Gasteiger charge is 2.68. The van der Waals surface area contributed by atoms with Gasteiger partial charge in [-0.05, 0) is 118 Å². The number of fused-ring (bicyclic) bond motifs is 5. The van der Waals surface area contributed by atoms with Crippen molar-refractivity contribution >= 4 is 5.97 Å². The summed E-state index contributed by atoms with van der Waals surface area (Å²) in [6.07, 6.45) is 15.1. The number of carbonyl (C=O) groups excluding carboxylic acids is 1. The van der Waals surface area contributed by atoms with Crippen LogP contribution < -0.4 is 0 Å². The maximum absolute atomic E-state index is 11.8. The van der Waals surface area contributed by atoms with Crippen molar-refractivity contribution in [1.82, 2.24) is 0 Å². The van der Waals surface area contributed by atoms with E-state index in [1.165, 1.54) is 56.1 Å². The molecule has 0 N–H and O–H groups in total. The summed E-state index contributed by atoms with van der Waals surface area (Å²) in [5.41, 5.74) is 4.17. The minimum absolute atomic E-state index is 0.0508. The van der Waals surface area contributed by atoms with Crippen LogP contribution in [-0.2, 0) is 9.53 Å². The van der Waals surface area contributed by atoms with E-state index < -0.39 is 0 Å². The highest BCUT2D eigenvalue weighted by Crippen LogP contribution is 2.75. The topological polar surface area (TPSA) is 26.3 Å². The lowest BCUT2D eigenvalue weighted by Gasteiger charge is -2.70. The van der Waals surface area contributed by atoms with Crippen molar-refractivity contribution in [2.45, 2.75) is 126 Å². The monoisotopic (exact) mass is 468 g/mol. The maximum atomic E-state index is 11.8. The third-order valence-corrected chi connectivity index (χ3v) is 12.2. The molecule has 0 aromatic heterocycles. The normalized spacial score (nSPS) is 44.9. The van der Waals surface area contributed by atoms with Gasteiger partial charge >= 0.3 is 5.97 Å². The van der Waals surface area contributed by atoms with Gasteiger partial charge in [-0.25, -0.2) is 0 Å². The molecule has 8 atom stereocenters. The van der Waals surface area contributed by atoms with Crippen LogP contribution in [0.4, 0.5) is 0 Å². The van der Waals surface area contributed by atoms with Gasteiger partial charge in [-0.15, -0.1) is 0 Å². The lowest BCUT2D eigenvalue weighted by atomic mass is 9.35. The molecule has 0 amide bonds. The SMILES string of the molecule is C=C(CCC=C(C)C)C1CC[C@]2(C)C1CCC1[C@@]3(C)CCC(OC(C)=O)C(C)(C)C3CC[C@]12C. The van der Waals surface area contributed by atoms with Gasteiger partial charge in [-0.2, -0.15) is 0 Å². The zero-order valence-electron chi connectivity index (χ0n) is 23.6. The molecule has 4 aliphatic rings. The fraction of sp³-hybridized carbons (Fsp3) is 0.844. The van der Waals surface area contributed by atoms with Crippen LogP contribution in [0.3, 0.4) is 0 Å². The van der Waals surface area contributed by atoms with E-state index in [9.17, 15) is 4.79 Å². The standard InChI is InChI=1S/C32H52O2/c1-21(2)11-10-12-22(3)24-15-19-31(8)25(24)13-14-27-30(7)18-17-28(34-23(4)33)29(5,6)26(30)16-20-32(27,31)9/h11,24-28H,3,10,12-20H2,1-2,4-9H3/t24?,25?,26?,27?,28?,30-,31+,32+/m0/s1. The van der Waals surface area contributed by atoms with Gasteiger partial charge in [-0.3, -0.25) is 4.79 Å². The van der Waals surface area contributed by atoms with Gasteiger partial charge in [0.25, 0.3) is 0 Å². The smallest absolute Gasteiger partial charge is 0.302 e. The first-order chi connectivity index (χ1) is 15.8. The van der Waals surface area contributed by atoms with Crippen molar-refractivity contribution < 1.29 is 9.53 Å². The molecule has 4 saturated carbocycles. The molecule has 34 heavy (non-hydrogen) atoms. The maximum Gasteiger partial charge on any atom is 0.302 e. The Morgan fingerprint density at radius 1 is 0.882 bits per heavy atom. The number of allylic oxidation sites excluding steroid dienone is 3. The number of ether oxygens (including phenoxy) is 1. The fourth-order valence-electron chi connectivity index (χ4n) is 10.4. The largest absolute Gasteiger partial charge is 0.462 e. The number of carbonyl (C=O) groups is 1. The second kappa shape index (κ2) is 8.81. The Labute approximate surface area is 210 Å². The molecule has 0 aromatic rings. The van der Waals surface area contributed by atoms with Crippen molar-refractivity contribution in [1.29, 1.82) is 0 Å². The van der Waals surface area contributed by atoms with Gasteiger partial charge in [0.2, 0.25) is 0 Å². The fourth-order valence-corrected chi connectivity index (χ4v) is 10.4. The molecule has 0 aliphatic heterocycles. The summed E-state index contributed by atoms with van der Waals surface area (Å²) in [7, 11) is 0. The first kappa shape index (κ1) is 26.0. The zero-order chi connectivity index (χ0) is 25.1. The third kappa shape index (κ3) is 3.85. The van der Waals surface area contributed by atoms with Gasteiger partial charge in [-0.1, -0.05) is 58.4 Å². The van der Waals surface area contributed by atoms with Crippen molar-refractivity contribution in [2.24, 2.45) is 45.3 Å². The summed E-state index contributed by atoms with van der Waals surface area (Å²) in [5, 5.41) is 0. The van der Waals surface area contributed by atoms with Gasteiger partial charge in [0.15, 0.2) is 0 Å². The lowest BCUT2D eigenvalue weighted by molar-refractivity contribution is -0.226. The van der Waals surface area contributed by atoms with E-state index in [1.54, 1.807) is 6.92 Å². The van der Waals surface area contributed by atoms with Crippen LogP contribution in [0.5, 0.6) is 0 Å². The summed E-state index contributed by atoms with van der Waals surface area (Å²) in [5.74, 6) is 2.81. The average Bonchev–Trinajstić information content (AvgIpc) is 3.08. The van der Waals surface area contributed by atoms with Crippen molar-refractivity contribution in [3.8, 4) is 0 Å². The minimum Gasteiger partial charge on any atom is -0.462 e. The molecule has 0 bridgehead atoms.